The summed E-state index contributed by atoms with van der Waals surface area (Å²) in [6.45, 7) is 4.00. The van der Waals surface area contributed by atoms with E-state index in [1.54, 1.807) is 6.07 Å². The highest BCUT2D eigenvalue weighted by Crippen LogP contribution is 2.33. The zero-order valence-electron chi connectivity index (χ0n) is 12.7. The summed E-state index contributed by atoms with van der Waals surface area (Å²) in [5.74, 6) is 0. The van der Waals surface area contributed by atoms with Crippen LogP contribution >= 0.6 is 0 Å². The van der Waals surface area contributed by atoms with E-state index in [4.69, 9.17) is 0 Å². The third-order valence-corrected chi connectivity index (χ3v) is 3.57. The first-order valence-electron chi connectivity index (χ1n) is 7.14. The van der Waals surface area contributed by atoms with E-state index in [1.165, 1.54) is 12.3 Å². The van der Waals surface area contributed by atoms with Crippen molar-refractivity contribution in [2.24, 2.45) is 0 Å². The molecule has 0 fully saturated rings. The number of rotatable bonds is 2. The molecule has 1 N–H and O–H groups in total. The van der Waals surface area contributed by atoms with Gasteiger partial charge in [-0.1, -0.05) is 12.1 Å². The van der Waals surface area contributed by atoms with Gasteiger partial charge in [0.1, 0.15) is 0 Å². The second-order valence-electron chi connectivity index (χ2n) is 5.59. The first-order valence-corrected chi connectivity index (χ1v) is 7.14. The Morgan fingerprint density at radius 2 is 1.61 bits per heavy atom. The molecule has 1 aromatic heterocycles. The molecule has 5 heteroatoms. The van der Waals surface area contributed by atoms with E-state index >= 15 is 0 Å². The summed E-state index contributed by atoms with van der Waals surface area (Å²) in [6, 6.07) is 11.4. The van der Waals surface area contributed by atoms with Crippen molar-refractivity contribution in [1.29, 1.82) is 0 Å². The van der Waals surface area contributed by atoms with Crippen molar-refractivity contribution in [2.75, 3.05) is 5.32 Å². The smallest absolute Gasteiger partial charge is 0.355 e. The quantitative estimate of drug-likeness (QED) is 0.664. The summed E-state index contributed by atoms with van der Waals surface area (Å²) in [5.41, 5.74) is 3.48. The number of alkyl halides is 3. The van der Waals surface area contributed by atoms with Crippen molar-refractivity contribution < 1.29 is 13.2 Å². The number of aromatic nitrogens is 1. The summed E-state index contributed by atoms with van der Waals surface area (Å²) in [5, 5.41) is 3.92. The van der Waals surface area contributed by atoms with Gasteiger partial charge in [0.2, 0.25) is 0 Å². The molecule has 0 aliphatic heterocycles. The summed E-state index contributed by atoms with van der Waals surface area (Å²) in [7, 11) is 0. The second-order valence-corrected chi connectivity index (χ2v) is 5.59. The molecular weight excluding hydrogens is 301 g/mol. The number of aryl methyl sites for hydroxylation is 2. The molecule has 2 nitrogen and oxygen atoms in total. The van der Waals surface area contributed by atoms with Crippen molar-refractivity contribution in [3.8, 4) is 0 Å². The molecule has 0 amide bonds. The molecule has 0 atom stereocenters. The first kappa shape index (κ1) is 15.3. The Morgan fingerprint density at radius 1 is 0.913 bits per heavy atom. The Hall–Kier alpha value is -2.56. The fourth-order valence-electron chi connectivity index (χ4n) is 2.64. The van der Waals surface area contributed by atoms with Crippen LogP contribution in [0.15, 0.2) is 48.7 Å². The lowest BCUT2D eigenvalue weighted by Crippen LogP contribution is -2.04. The third-order valence-electron chi connectivity index (χ3n) is 3.57. The van der Waals surface area contributed by atoms with Crippen molar-refractivity contribution >= 4 is 22.3 Å². The lowest BCUT2D eigenvalue weighted by Gasteiger charge is -2.12. The molecule has 3 aromatic rings. The number of fused-ring (bicyclic) bond motifs is 1. The summed E-state index contributed by atoms with van der Waals surface area (Å²) < 4.78 is 38.4. The van der Waals surface area contributed by atoms with Gasteiger partial charge in [0, 0.05) is 23.0 Å². The Labute approximate surface area is 132 Å². The Bertz CT molecular complexity index is 850. The summed E-state index contributed by atoms with van der Waals surface area (Å²) in [6.07, 6.45) is -2.86. The molecule has 0 radical (unpaired) electrons. The number of benzene rings is 2. The van der Waals surface area contributed by atoms with Gasteiger partial charge in [-0.05, 0) is 55.3 Å². The number of nitrogens with one attached hydrogen (secondary N) is 1. The highest BCUT2D eigenvalue weighted by molar-refractivity contribution is 5.93. The minimum absolute atomic E-state index is 0.314. The average molecular weight is 316 g/mol. The van der Waals surface area contributed by atoms with Crippen LogP contribution in [0.5, 0.6) is 0 Å². The van der Waals surface area contributed by atoms with Crippen LogP contribution in [0.1, 0.15) is 16.7 Å². The van der Waals surface area contributed by atoms with Gasteiger partial charge < -0.3 is 5.32 Å². The maximum absolute atomic E-state index is 12.8. The predicted octanol–water partition coefficient (Wildman–Crippen LogP) is 5.61. The number of nitrogens with zero attached hydrogens (tertiary/aromatic N) is 1. The van der Waals surface area contributed by atoms with Crippen LogP contribution in [0.4, 0.5) is 24.5 Å². The molecule has 0 unspecified atom stereocenters. The van der Waals surface area contributed by atoms with Gasteiger partial charge in [-0.15, -0.1) is 0 Å². The van der Waals surface area contributed by atoms with Gasteiger partial charge in [0.15, 0.2) is 0 Å². The number of anilines is 2. The van der Waals surface area contributed by atoms with Crippen LogP contribution in [-0.4, -0.2) is 4.98 Å². The Balaban J connectivity index is 2.04. The van der Waals surface area contributed by atoms with Crippen LogP contribution in [0.2, 0.25) is 0 Å². The van der Waals surface area contributed by atoms with Crippen molar-refractivity contribution in [1.82, 2.24) is 4.98 Å². The minimum atomic E-state index is -4.37. The third kappa shape index (κ3) is 3.28. The van der Waals surface area contributed by atoms with Crippen LogP contribution in [-0.2, 0) is 6.18 Å². The predicted molar refractivity (Wildman–Crippen MR) is 85.9 cm³/mol. The Morgan fingerprint density at radius 3 is 2.26 bits per heavy atom. The first-order chi connectivity index (χ1) is 10.8. The van der Waals surface area contributed by atoms with Gasteiger partial charge in [0.25, 0.3) is 0 Å². The molecule has 0 spiro atoms. The monoisotopic (exact) mass is 316 g/mol. The second kappa shape index (κ2) is 5.57. The fourth-order valence-corrected chi connectivity index (χ4v) is 2.64. The fraction of sp³-hybridized carbons (Fsp3) is 0.167. The molecule has 0 aliphatic rings. The Kier molecular flexibility index (Phi) is 3.72. The number of hydrogen-bond donors (Lipinski definition) is 1. The van der Waals surface area contributed by atoms with E-state index in [-0.39, 0.29) is 0 Å². The van der Waals surface area contributed by atoms with Crippen LogP contribution in [0.25, 0.3) is 10.9 Å². The van der Waals surface area contributed by atoms with Crippen molar-refractivity contribution in [3.05, 3.63) is 65.4 Å². The van der Waals surface area contributed by atoms with Crippen molar-refractivity contribution in [2.45, 2.75) is 20.0 Å². The van der Waals surface area contributed by atoms with Gasteiger partial charge in [-0.2, -0.15) is 13.2 Å². The van der Waals surface area contributed by atoms with E-state index in [0.29, 0.717) is 10.9 Å². The number of halogens is 3. The maximum atomic E-state index is 12.8. The minimum Gasteiger partial charge on any atom is -0.355 e. The van der Waals surface area contributed by atoms with Crippen LogP contribution in [0.3, 0.4) is 0 Å². The molecular formula is C18H15F3N2. The highest BCUT2D eigenvalue weighted by Gasteiger charge is 2.30. The highest BCUT2D eigenvalue weighted by atomic mass is 19.4. The normalized spacial score (nSPS) is 11.7. The molecule has 1 heterocycles. The number of hydrogen-bond acceptors (Lipinski definition) is 2. The van der Waals surface area contributed by atoms with E-state index in [1.807, 2.05) is 26.0 Å². The zero-order chi connectivity index (χ0) is 16.6. The average Bonchev–Trinajstić information content (AvgIpc) is 2.45. The van der Waals surface area contributed by atoms with Gasteiger partial charge in [-0.25, -0.2) is 0 Å². The van der Waals surface area contributed by atoms with Crippen molar-refractivity contribution in [3.63, 3.8) is 0 Å². The number of pyridine rings is 1. The van der Waals surface area contributed by atoms with Gasteiger partial charge in [-0.3, -0.25) is 4.98 Å². The lowest BCUT2D eigenvalue weighted by atomic mass is 10.1. The van der Waals surface area contributed by atoms with Crippen LogP contribution in [0, 0.1) is 13.8 Å². The molecule has 0 saturated carbocycles. The molecule has 0 saturated heterocycles. The van der Waals surface area contributed by atoms with E-state index in [9.17, 15) is 13.2 Å². The molecule has 0 aliphatic carbocycles. The molecule has 118 valence electrons. The van der Waals surface area contributed by atoms with E-state index in [0.717, 1.165) is 34.6 Å². The topological polar surface area (TPSA) is 24.9 Å². The summed E-state index contributed by atoms with van der Waals surface area (Å²) >= 11 is 0. The molecule has 0 bridgehead atoms. The molecule has 23 heavy (non-hydrogen) atoms. The zero-order valence-corrected chi connectivity index (χ0v) is 12.7. The van der Waals surface area contributed by atoms with Gasteiger partial charge >= 0.3 is 6.18 Å². The molecule has 2 aromatic carbocycles. The lowest BCUT2D eigenvalue weighted by molar-refractivity contribution is -0.137. The maximum Gasteiger partial charge on any atom is 0.416 e. The van der Waals surface area contributed by atoms with Crippen LogP contribution < -0.4 is 5.32 Å². The van der Waals surface area contributed by atoms with E-state index < -0.39 is 11.7 Å². The largest absolute Gasteiger partial charge is 0.416 e. The summed E-state index contributed by atoms with van der Waals surface area (Å²) in [4.78, 5) is 4.05. The van der Waals surface area contributed by atoms with E-state index in [2.05, 4.69) is 16.4 Å². The SMILES string of the molecule is Cc1cc(C)cc(Nc2ccnc3cc(C(F)(F)F)ccc23)c1. The molecule has 3 rings (SSSR count). The standard InChI is InChI=1S/C18H15F3N2/c1-11-7-12(2)9-14(8-11)23-16-5-6-22-17-10-13(18(19,20)21)3-4-15(16)17/h3-10H,1-2H3,(H,22,23). The van der Waals surface area contributed by atoms with Gasteiger partial charge in [0.05, 0.1) is 11.1 Å².